The molecule has 1 fully saturated rings. The van der Waals surface area contributed by atoms with Crippen LogP contribution in [0.15, 0.2) is 23.7 Å². The minimum Gasteiger partial charge on any atom is -0.382 e. The van der Waals surface area contributed by atoms with Crippen LogP contribution in [-0.4, -0.2) is 11.0 Å². The molecule has 0 aliphatic heterocycles. The second kappa shape index (κ2) is 5.12. The molecule has 0 saturated heterocycles. The maximum absolute atomic E-state index is 4.33. The van der Waals surface area contributed by atoms with Crippen LogP contribution in [0.25, 0.3) is 10.2 Å². The summed E-state index contributed by atoms with van der Waals surface area (Å²) in [7, 11) is 0. The summed E-state index contributed by atoms with van der Waals surface area (Å²) < 4.78 is 1.28. The molecule has 102 valence electrons. The van der Waals surface area contributed by atoms with E-state index >= 15 is 0 Å². The molecule has 3 rings (SSSR count). The first-order chi connectivity index (χ1) is 9.12. The zero-order valence-corrected chi connectivity index (χ0v) is 12.6. The zero-order valence-electron chi connectivity index (χ0n) is 11.8. The number of rotatable bonds is 2. The molecule has 1 atom stereocenters. The van der Waals surface area contributed by atoms with Crippen molar-refractivity contribution in [3.63, 3.8) is 0 Å². The smallest absolute Gasteiger partial charge is 0.0813 e. The van der Waals surface area contributed by atoms with Gasteiger partial charge in [-0.05, 0) is 49.3 Å². The molecule has 19 heavy (non-hydrogen) atoms. The lowest BCUT2D eigenvalue weighted by Crippen LogP contribution is -2.19. The third kappa shape index (κ3) is 3.08. The molecule has 1 aromatic carbocycles. The summed E-state index contributed by atoms with van der Waals surface area (Å²) in [5.41, 5.74) is 4.81. The molecule has 2 nitrogen and oxygen atoms in total. The monoisotopic (exact) mass is 274 g/mol. The Bertz CT molecular complexity index is 559. The van der Waals surface area contributed by atoms with Crippen molar-refractivity contribution in [1.29, 1.82) is 0 Å². The van der Waals surface area contributed by atoms with Crippen LogP contribution in [-0.2, 0) is 0 Å². The maximum atomic E-state index is 4.33. The molecule has 1 aromatic heterocycles. The first-order valence-corrected chi connectivity index (χ1v) is 8.10. The van der Waals surface area contributed by atoms with Crippen LogP contribution in [0.3, 0.4) is 0 Å². The van der Waals surface area contributed by atoms with Gasteiger partial charge < -0.3 is 5.32 Å². The average Bonchev–Trinajstić information content (AvgIpc) is 2.76. The largest absolute Gasteiger partial charge is 0.382 e. The highest BCUT2D eigenvalue weighted by atomic mass is 32.1. The Morgan fingerprint density at radius 1 is 1.26 bits per heavy atom. The molecule has 1 aliphatic carbocycles. The van der Waals surface area contributed by atoms with E-state index in [1.165, 1.54) is 42.5 Å². The Balaban J connectivity index is 1.70. The van der Waals surface area contributed by atoms with Crippen molar-refractivity contribution in [3.8, 4) is 0 Å². The van der Waals surface area contributed by atoms with Gasteiger partial charge in [-0.2, -0.15) is 0 Å². The van der Waals surface area contributed by atoms with Crippen LogP contribution >= 0.6 is 11.3 Å². The summed E-state index contributed by atoms with van der Waals surface area (Å²) in [6.07, 6.45) is 6.61. The molecule has 1 N–H and O–H groups in total. The van der Waals surface area contributed by atoms with Gasteiger partial charge in [0.2, 0.25) is 0 Å². The van der Waals surface area contributed by atoms with Crippen LogP contribution in [0.2, 0.25) is 0 Å². The van der Waals surface area contributed by atoms with Gasteiger partial charge in [-0.1, -0.05) is 20.3 Å². The SMILES string of the molecule is CC1(C)CCCC(Nc2ccc3ncsc3c2)CC1. The van der Waals surface area contributed by atoms with Gasteiger partial charge in [0, 0.05) is 11.7 Å². The van der Waals surface area contributed by atoms with E-state index in [1.54, 1.807) is 11.3 Å². The average molecular weight is 274 g/mol. The molecule has 0 spiro atoms. The number of benzene rings is 1. The summed E-state index contributed by atoms with van der Waals surface area (Å²) in [5.74, 6) is 0. The highest BCUT2D eigenvalue weighted by molar-refractivity contribution is 7.16. The number of nitrogens with zero attached hydrogens (tertiary/aromatic N) is 1. The minimum absolute atomic E-state index is 0.526. The number of anilines is 1. The third-order valence-corrected chi connectivity index (χ3v) is 5.07. The summed E-state index contributed by atoms with van der Waals surface area (Å²) in [6.45, 7) is 4.80. The standard InChI is InChI=1S/C16H22N2S/c1-16(2)8-3-4-12(7-9-16)18-13-5-6-14-15(10-13)19-11-17-14/h5-6,10-12,18H,3-4,7-9H2,1-2H3. The van der Waals surface area contributed by atoms with E-state index in [4.69, 9.17) is 0 Å². The van der Waals surface area contributed by atoms with Crippen molar-refractivity contribution in [2.24, 2.45) is 5.41 Å². The third-order valence-electron chi connectivity index (χ3n) is 4.28. The summed E-state index contributed by atoms with van der Waals surface area (Å²) in [6, 6.07) is 7.16. The topological polar surface area (TPSA) is 24.9 Å². The van der Waals surface area contributed by atoms with Gasteiger partial charge in [0.05, 0.1) is 15.7 Å². The molecule has 0 bridgehead atoms. The fourth-order valence-corrected chi connectivity index (χ4v) is 3.70. The number of fused-ring (bicyclic) bond motifs is 1. The zero-order chi connectivity index (χ0) is 13.3. The molecule has 0 radical (unpaired) electrons. The van der Waals surface area contributed by atoms with Crippen LogP contribution in [0.4, 0.5) is 5.69 Å². The van der Waals surface area contributed by atoms with Crippen LogP contribution in [0, 0.1) is 5.41 Å². The number of aromatic nitrogens is 1. The molecule has 1 heterocycles. The first kappa shape index (κ1) is 12.9. The lowest BCUT2D eigenvalue weighted by Gasteiger charge is -2.22. The molecule has 2 aromatic rings. The Morgan fingerprint density at radius 3 is 3.05 bits per heavy atom. The van der Waals surface area contributed by atoms with Gasteiger partial charge in [-0.3, -0.25) is 0 Å². The maximum Gasteiger partial charge on any atom is 0.0813 e. The van der Waals surface area contributed by atoms with E-state index in [1.807, 2.05) is 5.51 Å². The predicted molar refractivity (Wildman–Crippen MR) is 83.9 cm³/mol. The van der Waals surface area contributed by atoms with Gasteiger partial charge in [0.25, 0.3) is 0 Å². The lowest BCUT2D eigenvalue weighted by atomic mass is 9.85. The fourth-order valence-electron chi connectivity index (χ4n) is 2.99. The summed E-state index contributed by atoms with van der Waals surface area (Å²) in [5, 5.41) is 3.72. The molecule has 1 unspecified atom stereocenters. The van der Waals surface area contributed by atoms with Crippen molar-refractivity contribution < 1.29 is 0 Å². The van der Waals surface area contributed by atoms with Gasteiger partial charge in [0.1, 0.15) is 0 Å². The Morgan fingerprint density at radius 2 is 2.16 bits per heavy atom. The highest BCUT2D eigenvalue weighted by Gasteiger charge is 2.24. The Kier molecular flexibility index (Phi) is 3.48. The molecule has 1 aliphatic rings. The van der Waals surface area contributed by atoms with Gasteiger partial charge in [-0.25, -0.2) is 4.98 Å². The van der Waals surface area contributed by atoms with Crippen molar-refractivity contribution >= 4 is 27.2 Å². The Labute approximate surface area is 119 Å². The first-order valence-electron chi connectivity index (χ1n) is 7.22. The van der Waals surface area contributed by atoms with E-state index in [0.29, 0.717) is 11.5 Å². The van der Waals surface area contributed by atoms with Crippen molar-refractivity contribution in [2.45, 2.75) is 52.0 Å². The summed E-state index contributed by atoms with van der Waals surface area (Å²) >= 11 is 1.72. The number of hydrogen-bond acceptors (Lipinski definition) is 3. The second-order valence-electron chi connectivity index (χ2n) is 6.47. The number of thiazole rings is 1. The fraction of sp³-hybridized carbons (Fsp3) is 0.562. The van der Waals surface area contributed by atoms with Crippen LogP contribution in [0.5, 0.6) is 0 Å². The van der Waals surface area contributed by atoms with Crippen LogP contribution < -0.4 is 5.32 Å². The van der Waals surface area contributed by atoms with Gasteiger partial charge in [-0.15, -0.1) is 11.3 Å². The molecule has 0 amide bonds. The van der Waals surface area contributed by atoms with Crippen molar-refractivity contribution in [2.75, 3.05) is 5.32 Å². The molecule has 3 heteroatoms. The van der Waals surface area contributed by atoms with Gasteiger partial charge >= 0.3 is 0 Å². The quantitative estimate of drug-likeness (QED) is 0.774. The molecular formula is C16H22N2S. The molecule has 1 saturated carbocycles. The van der Waals surface area contributed by atoms with E-state index in [-0.39, 0.29) is 0 Å². The molecular weight excluding hydrogens is 252 g/mol. The van der Waals surface area contributed by atoms with E-state index in [2.05, 4.69) is 42.3 Å². The van der Waals surface area contributed by atoms with Gasteiger partial charge in [0.15, 0.2) is 0 Å². The Hall–Kier alpha value is -1.09. The second-order valence-corrected chi connectivity index (χ2v) is 7.36. The lowest BCUT2D eigenvalue weighted by molar-refractivity contribution is 0.313. The van der Waals surface area contributed by atoms with E-state index in [0.717, 1.165) is 5.52 Å². The number of hydrogen-bond donors (Lipinski definition) is 1. The summed E-state index contributed by atoms with van der Waals surface area (Å²) in [4.78, 5) is 4.33. The van der Waals surface area contributed by atoms with Crippen LogP contribution in [0.1, 0.15) is 46.0 Å². The van der Waals surface area contributed by atoms with E-state index in [9.17, 15) is 0 Å². The minimum atomic E-state index is 0.526. The van der Waals surface area contributed by atoms with Crippen molar-refractivity contribution in [1.82, 2.24) is 4.98 Å². The predicted octanol–water partition coefficient (Wildman–Crippen LogP) is 5.07. The normalized spacial score (nSPS) is 23.2. The van der Waals surface area contributed by atoms with Crippen molar-refractivity contribution in [3.05, 3.63) is 23.7 Å². The highest BCUT2D eigenvalue weighted by Crippen LogP contribution is 2.35. The van der Waals surface area contributed by atoms with E-state index < -0.39 is 0 Å². The number of nitrogens with one attached hydrogen (secondary N) is 1.